The van der Waals surface area contributed by atoms with Gasteiger partial charge in [0.25, 0.3) is 0 Å². The first-order valence-corrected chi connectivity index (χ1v) is 8.76. The molecule has 0 amide bonds. The number of nitrogens with zero attached hydrogens (tertiary/aromatic N) is 4. The summed E-state index contributed by atoms with van der Waals surface area (Å²) < 4.78 is 41.1. The summed E-state index contributed by atoms with van der Waals surface area (Å²) >= 11 is 13.4. The van der Waals surface area contributed by atoms with Gasteiger partial charge in [-0.15, -0.1) is 16.4 Å². The topological polar surface area (TPSA) is 103 Å². The molecule has 0 fully saturated rings. The Hall–Kier alpha value is -1.91. The Labute approximate surface area is 159 Å². The lowest BCUT2D eigenvalue weighted by Gasteiger charge is -2.26. The van der Waals surface area contributed by atoms with E-state index in [0.29, 0.717) is 20.4 Å². The standard InChI is InChI=1S/C14H11Cl2F3N6S/c15-10-3-6(12(16)26-10)5-1-8-11(9(2-5)24-25-13(20)21)7(4-22-23-8)14(17,18)19/h3-5H,1-2H2,(H4,20,21,25)/b24-9+. The van der Waals surface area contributed by atoms with Crippen molar-refractivity contribution in [2.45, 2.75) is 24.9 Å². The summed E-state index contributed by atoms with van der Waals surface area (Å²) in [5, 5.41) is 14.7. The number of rotatable bonds is 2. The third-order valence-electron chi connectivity index (χ3n) is 3.81. The second kappa shape index (κ2) is 7.01. The fraction of sp³-hybridized carbons (Fsp3) is 0.286. The molecule has 2 heterocycles. The Balaban J connectivity index is 2.15. The van der Waals surface area contributed by atoms with Gasteiger partial charge in [-0.3, -0.25) is 0 Å². The lowest BCUT2D eigenvalue weighted by molar-refractivity contribution is -0.138. The van der Waals surface area contributed by atoms with Gasteiger partial charge in [0.15, 0.2) is 0 Å². The second-order valence-corrected chi connectivity index (χ2v) is 7.82. The van der Waals surface area contributed by atoms with Crippen molar-refractivity contribution in [3.8, 4) is 0 Å². The van der Waals surface area contributed by atoms with E-state index in [0.717, 1.165) is 0 Å². The second-order valence-electron chi connectivity index (χ2n) is 5.53. The van der Waals surface area contributed by atoms with Gasteiger partial charge in [0, 0.05) is 5.56 Å². The van der Waals surface area contributed by atoms with Crippen LogP contribution in [0.15, 0.2) is 22.5 Å². The molecule has 3 rings (SSSR count). The van der Waals surface area contributed by atoms with Crippen LogP contribution >= 0.6 is 34.5 Å². The summed E-state index contributed by atoms with van der Waals surface area (Å²) in [4.78, 5) is 0. The summed E-state index contributed by atoms with van der Waals surface area (Å²) in [7, 11) is 0. The molecule has 0 saturated heterocycles. The summed E-state index contributed by atoms with van der Waals surface area (Å²) in [5.41, 5.74) is 10.4. The number of fused-ring (bicyclic) bond motifs is 1. The molecule has 2 aromatic heterocycles. The molecule has 138 valence electrons. The molecule has 0 spiro atoms. The van der Waals surface area contributed by atoms with Gasteiger partial charge < -0.3 is 11.5 Å². The first-order valence-electron chi connectivity index (χ1n) is 7.19. The van der Waals surface area contributed by atoms with Crippen LogP contribution in [-0.2, 0) is 12.6 Å². The molecular formula is C14H11Cl2F3N6S. The number of guanidine groups is 1. The number of halogens is 5. The van der Waals surface area contributed by atoms with Crippen molar-refractivity contribution in [2.75, 3.05) is 0 Å². The van der Waals surface area contributed by atoms with Gasteiger partial charge in [-0.1, -0.05) is 23.2 Å². The summed E-state index contributed by atoms with van der Waals surface area (Å²) in [5.74, 6) is -0.641. The van der Waals surface area contributed by atoms with E-state index < -0.39 is 11.7 Å². The van der Waals surface area contributed by atoms with Crippen molar-refractivity contribution in [1.29, 1.82) is 0 Å². The molecule has 0 aliphatic heterocycles. The third-order valence-corrected chi connectivity index (χ3v) is 5.32. The normalized spacial score (nSPS) is 18.7. The number of aromatic nitrogens is 2. The van der Waals surface area contributed by atoms with Crippen molar-refractivity contribution in [3.63, 3.8) is 0 Å². The minimum atomic E-state index is -4.62. The van der Waals surface area contributed by atoms with Crippen molar-refractivity contribution in [2.24, 2.45) is 21.7 Å². The smallest absolute Gasteiger partial charge is 0.369 e. The Morgan fingerprint density at radius 2 is 2.00 bits per heavy atom. The molecule has 0 saturated carbocycles. The summed E-state index contributed by atoms with van der Waals surface area (Å²) in [6, 6.07) is 1.68. The maximum absolute atomic E-state index is 13.4. The molecule has 26 heavy (non-hydrogen) atoms. The van der Waals surface area contributed by atoms with Crippen LogP contribution in [-0.4, -0.2) is 21.9 Å². The predicted octanol–water partition coefficient (Wildman–Crippen LogP) is 3.57. The van der Waals surface area contributed by atoms with Gasteiger partial charge in [0.05, 0.1) is 31.8 Å². The van der Waals surface area contributed by atoms with E-state index in [4.69, 9.17) is 34.7 Å². The first kappa shape index (κ1) is 18.9. The molecule has 1 aliphatic rings. The van der Waals surface area contributed by atoms with Crippen molar-refractivity contribution in [3.05, 3.63) is 43.3 Å². The number of nitrogens with two attached hydrogens (primary N) is 2. The Morgan fingerprint density at radius 1 is 1.27 bits per heavy atom. The lowest BCUT2D eigenvalue weighted by atomic mass is 9.81. The zero-order chi connectivity index (χ0) is 19.1. The van der Waals surface area contributed by atoms with Crippen LogP contribution in [0.3, 0.4) is 0 Å². The molecule has 1 unspecified atom stereocenters. The van der Waals surface area contributed by atoms with E-state index in [9.17, 15) is 13.2 Å². The molecule has 1 atom stereocenters. The number of thiophene rings is 1. The van der Waals surface area contributed by atoms with Crippen LogP contribution in [0.1, 0.15) is 34.7 Å². The van der Waals surface area contributed by atoms with Gasteiger partial charge >= 0.3 is 6.18 Å². The molecular weight excluding hydrogens is 412 g/mol. The van der Waals surface area contributed by atoms with Crippen LogP contribution in [0.2, 0.25) is 8.67 Å². The third kappa shape index (κ3) is 3.76. The highest BCUT2D eigenvalue weighted by Crippen LogP contribution is 2.43. The van der Waals surface area contributed by atoms with Crippen molar-refractivity contribution in [1.82, 2.24) is 10.2 Å². The molecule has 0 aromatic carbocycles. The van der Waals surface area contributed by atoms with Crippen LogP contribution in [0.25, 0.3) is 0 Å². The Bertz CT molecular complexity index is 905. The summed E-state index contributed by atoms with van der Waals surface area (Å²) in [6.07, 6.45) is -3.60. The highest BCUT2D eigenvalue weighted by Gasteiger charge is 2.40. The number of hydrogen-bond acceptors (Lipinski definition) is 5. The Morgan fingerprint density at radius 3 is 2.58 bits per heavy atom. The van der Waals surface area contributed by atoms with E-state index in [1.807, 2.05) is 0 Å². The van der Waals surface area contributed by atoms with Crippen molar-refractivity contribution >= 4 is 46.2 Å². The average molecular weight is 423 g/mol. The van der Waals surface area contributed by atoms with E-state index in [1.165, 1.54) is 11.3 Å². The highest BCUT2D eigenvalue weighted by atomic mass is 35.5. The van der Waals surface area contributed by atoms with E-state index in [1.54, 1.807) is 6.07 Å². The molecule has 4 N–H and O–H groups in total. The van der Waals surface area contributed by atoms with Gasteiger partial charge in [-0.2, -0.15) is 28.5 Å². The molecule has 0 radical (unpaired) electrons. The first-order chi connectivity index (χ1) is 12.2. The zero-order valence-corrected chi connectivity index (χ0v) is 15.2. The highest BCUT2D eigenvalue weighted by molar-refractivity contribution is 7.20. The van der Waals surface area contributed by atoms with Gasteiger partial charge in [0.2, 0.25) is 5.96 Å². The SMILES string of the molecule is NC(N)=N/N=C1\CC(c2cc(Cl)sc2Cl)Cc2nncc(C(F)(F)F)c21. The molecule has 2 aromatic rings. The van der Waals surface area contributed by atoms with E-state index >= 15 is 0 Å². The molecule has 12 heteroatoms. The largest absolute Gasteiger partial charge is 0.418 e. The fourth-order valence-electron chi connectivity index (χ4n) is 2.81. The van der Waals surface area contributed by atoms with Gasteiger partial charge in [-0.25, -0.2) is 0 Å². The molecule has 0 bridgehead atoms. The maximum atomic E-state index is 13.4. The fourth-order valence-corrected chi connectivity index (χ4v) is 4.43. The van der Waals surface area contributed by atoms with E-state index in [-0.39, 0.29) is 41.7 Å². The van der Waals surface area contributed by atoms with E-state index in [2.05, 4.69) is 20.4 Å². The maximum Gasteiger partial charge on any atom is 0.418 e. The quantitative estimate of drug-likeness (QED) is 0.438. The van der Waals surface area contributed by atoms with Crippen molar-refractivity contribution < 1.29 is 13.2 Å². The molecule has 6 nitrogen and oxygen atoms in total. The van der Waals surface area contributed by atoms with Crippen LogP contribution < -0.4 is 11.5 Å². The van der Waals surface area contributed by atoms with Gasteiger partial charge in [-0.05, 0) is 30.4 Å². The van der Waals surface area contributed by atoms with Crippen LogP contribution in [0.4, 0.5) is 13.2 Å². The number of alkyl halides is 3. The minimum Gasteiger partial charge on any atom is -0.369 e. The average Bonchev–Trinajstić information content (AvgIpc) is 2.89. The molecule has 1 aliphatic carbocycles. The predicted molar refractivity (Wildman–Crippen MR) is 94.8 cm³/mol. The van der Waals surface area contributed by atoms with Crippen LogP contribution in [0.5, 0.6) is 0 Å². The summed E-state index contributed by atoms with van der Waals surface area (Å²) in [6.45, 7) is 0. The zero-order valence-electron chi connectivity index (χ0n) is 12.9. The van der Waals surface area contributed by atoms with Gasteiger partial charge in [0.1, 0.15) is 0 Å². The Kier molecular flexibility index (Phi) is 5.09. The lowest BCUT2D eigenvalue weighted by Crippen LogP contribution is -2.26. The number of hydrogen-bond donors (Lipinski definition) is 2. The monoisotopic (exact) mass is 422 g/mol. The minimum absolute atomic E-state index is 0.0604. The van der Waals surface area contributed by atoms with Crippen LogP contribution in [0, 0.1) is 0 Å².